The highest BCUT2D eigenvalue weighted by atomic mass is 16.3. The summed E-state index contributed by atoms with van der Waals surface area (Å²) < 4.78 is 19.2. The Morgan fingerprint density at radius 3 is 1.59 bits per heavy atom. The molecule has 0 atom stereocenters. The monoisotopic (exact) mass is 655 g/mol. The maximum absolute atomic E-state index is 6.54. The van der Waals surface area contributed by atoms with Gasteiger partial charge in [0.2, 0.25) is 0 Å². The Morgan fingerprint density at radius 1 is 0.314 bits per heavy atom. The second-order valence-corrected chi connectivity index (χ2v) is 12.8. The molecule has 238 valence electrons. The van der Waals surface area contributed by atoms with Gasteiger partial charge >= 0.3 is 0 Å². The SMILES string of the molecule is c1ccc(-c2nc(-c3ccc4c(c3)oc3ccccc34)nc(-c3ccc4c(c3)oc3cccc(-c5cccc6c5oc5ccccc56)c34)n2)cc1. The Hall–Kier alpha value is -7.05. The van der Waals surface area contributed by atoms with Crippen LogP contribution in [0.5, 0.6) is 0 Å². The molecule has 0 saturated carbocycles. The Balaban J connectivity index is 1.08. The van der Waals surface area contributed by atoms with Crippen molar-refractivity contribution in [2.45, 2.75) is 0 Å². The van der Waals surface area contributed by atoms with Gasteiger partial charge in [0.05, 0.1) is 0 Å². The Labute approximate surface area is 290 Å². The quantitative estimate of drug-likeness (QED) is 0.188. The number of nitrogens with zero attached hydrogens (tertiary/aromatic N) is 3. The second kappa shape index (κ2) is 10.7. The number of hydrogen-bond donors (Lipinski definition) is 0. The van der Waals surface area contributed by atoms with E-state index in [0.29, 0.717) is 17.5 Å². The maximum atomic E-state index is 6.54. The van der Waals surface area contributed by atoms with E-state index in [0.717, 1.165) is 93.6 Å². The molecule has 11 aromatic rings. The van der Waals surface area contributed by atoms with Crippen LogP contribution in [0.3, 0.4) is 0 Å². The van der Waals surface area contributed by atoms with Crippen LogP contribution < -0.4 is 0 Å². The molecule has 0 radical (unpaired) electrons. The van der Waals surface area contributed by atoms with Crippen LogP contribution in [0.2, 0.25) is 0 Å². The van der Waals surface area contributed by atoms with Crippen molar-refractivity contribution in [2.75, 3.05) is 0 Å². The van der Waals surface area contributed by atoms with Gasteiger partial charge in [0.1, 0.15) is 33.5 Å². The van der Waals surface area contributed by atoms with Crippen molar-refractivity contribution in [3.63, 3.8) is 0 Å². The fourth-order valence-electron chi connectivity index (χ4n) is 7.36. The molecule has 0 N–H and O–H groups in total. The minimum atomic E-state index is 0.554. The van der Waals surface area contributed by atoms with Crippen LogP contribution in [0.4, 0.5) is 0 Å². The van der Waals surface area contributed by atoms with Crippen LogP contribution >= 0.6 is 0 Å². The Bertz CT molecular complexity index is 3150. The summed E-state index contributed by atoms with van der Waals surface area (Å²) in [5, 5.41) is 6.37. The maximum Gasteiger partial charge on any atom is 0.164 e. The van der Waals surface area contributed by atoms with Crippen LogP contribution in [0, 0.1) is 0 Å². The predicted molar refractivity (Wildman–Crippen MR) is 203 cm³/mol. The average Bonchev–Trinajstić information content (AvgIpc) is 3.88. The molecule has 0 unspecified atom stereocenters. The van der Waals surface area contributed by atoms with Crippen LogP contribution in [0.15, 0.2) is 165 Å². The van der Waals surface area contributed by atoms with Gasteiger partial charge in [0.25, 0.3) is 0 Å². The molecule has 0 saturated heterocycles. The second-order valence-electron chi connectivity index (χ2n) is 12.8. The number of fused-ring (bicyclic) bond motifs is 9. The molecular weight excluding hydrogens is 631 g/mol. The molecule has 4 aromatic heterocycles. The third-order valence-corrected chi connectivity index (χ3v) is 9.75. The average molecular weight is 656 g/mol. The van der Waals surface area contributed by atoms with E-state index in [1.807, 2.05) is 97.1 Å². The van der Waals surface area contributed by atoms with Crippen molar-refractivity contribution in [1.82, 2.24) is 15.0 Å². The van der Waals surface area contributed by atoms with Crippen molar-refractivity contribution in [1.29, 1.82) is 0 Å². The third-order valence-electron chi connectivity index (χ3n) is 9.75. The summed E-state index contributed by atoms with van der Waals surface area (Å²) in [5.41, 5.74) is 9.58. The lowest BCUT2D eigenvalue weighted by Crippen LogP contribution is -2.00. The number of aromatic nitrogens is 3. The summed E-state index contributed by atoms with van der Waals surface area (Å²) in [6.45, 7) is 0. The van der Waals surface area contributed by atoms with E-state index in [1.165, 1.54) is 0 Å². The molecule has 0 aliphatic carbocycles. The lowest BCUT2D eigenvalue weighted by Gasteiger charge is -2.08. The molecule has 0 aliphatic rings. The Kier molecular flexibility index (Phi) is 5.86. The van der Waals surface area contributed by atoms with Crippen molar-refractivity contribution < 1.29 is 13.3 Å². The highest BCUT2D eigenvalue weighted by molar-refractivity contribution is 6.17. The van der Waals surface area contributed by atoms with Crippen LogP contribution in [-0.2, 0) is 0 Å². The van der Waals surface area contributed by atoms with Crippen molar-refractivity contribution in [3.05, 3.63) is 152 Å². The van der Waals surface area contributed by atoms with Crippen LogP contribution in [0.25, 0.3) is 111 Å². The lowest BCUT2D eigenvalue weighted by molar-refractivity contribution is 0.668. The van der Waals surface area contributed by atoms with E-state index in [-0.39, 0.29) is 0 Å². The topological polar surface area (TPSA) is 78.1 Å². The molecule has 0 spiro atoms. The van der Waals surface area contributed by atoms with Gasteiger partial charge in [-0.15, -0.1) is 0 Å². The van der Waals surface area contributed by atoms with Crippen molar-refractivity contribution in [2.24, 2.45) is 0 Å². The van der Waals surface area contributed by atoms with E-state index in [2.05, 4.69) is 54.6 Å². The summed E-state index contributed by atoms with van der Waals surface area (Å²) in [7, 11) is 0. The van der Waals surface area contributed by atoms with Gasteiger partial charge in [-0.25, -0.2) is 15.0 Å². The molecule has 0 aliphatic heterocycles. The summed E-state index contributed by atoms with van der Waals surface area (Å²) in [5.74, 6) is 1.71. The molecule has 0 amide bonds. The van der Waals surface area contributed by atoms with Crippen LogP contribution in [-0.4, -0.2) is 15.0 Å². The Morgan fingerprint density at radius 2 is 0.824 bits per heavy atom. The fourth-order valence-corrected chi connectivity index (χ4v) is 7.36. The van der Waals surface area contributed by atoms with Crippen molar-refractivity contribution >= 4 is 65.8 Å². The number of hydrogen-bond acceptors (Lipinski definition) is 6. The highest BCUT2D eigenvalue weighted by Crippen LogP contribution is 2.42. The smallest absolute Gasteiger partial charge is 0.164 e. The first-order chi connectivity index (χ1) is 25.2. The molecule has 6 heteroatoms. The van der Waals surface area contributed by atoms with Gasteiger partial charge in [-0.3, -0.25) is 0 Å². The van der Waals surface area contributed by atoms with Gasteiger partial charge in [-0.2, -0.15) is 0 Å². The first-order valence-electron chi connectivity index (χ1n) is 16.8. The first kappa shape index (κ1) is 27.9. The largest absolute Gasteiger partial charge is 0.456 e. The normalized spacial score (nSPS) is 11.9. The van der Waals surface area contributed by atoms with Gasteiger partial charge < -0.3 is 13.3 Å². The lowest BCUT2D eigenvalue weighted by atomic mass is 9.97. The van der Waals surface area contributed by atoms with E-state index in [1.54, 1.807) is 0 Å². The number of para-hydroxylation sites is 3. The van der Waals surface area contributed by atoms with E-state index in [4.69, 9.17) is 28.2 Å². The van der Waals surface area contributed by atoms with Gasteiger partial charge in [0, 0.05) is 54.6 Å². The zero-order valence-corrected chi connectivity index (χ0v) is 27.0. The van der Waals surface area contributed by atoms with Gasteiger partial charge in [0.15, 0.2) is 17.5 Å². The summed E-state index contributed by atoms with van der Waals surface area (Å²) >= 11 is 0. The van der Waals surface area contributed by atoms with Gasteiger partial charge in [-0.1, -0.05) is 109 Å². The third kappa shape index (κ3) is 4.33. The molecule has 4 heterocycles. The first-order valence-corrected chi connectivity index (χ1v) is 16.8. The molecule has 7 aromatic carbocycles. The summed E-state index contributed by atoms with van der Waals surface area (Å²) in [4.78, 5) is 14.9. The molecular formula is C45H25N3O3. The molecule has 6 nitrogen and oxygen atoms in total. The molecule has 0 fully saturated rings. The summed E-state index contributed by atoms with van der Waals surface area (Å²) in [6, 6.07) is 51.1. The number of benzene rings is 7. The zero-order chi connectivity index (χ0) is 33.5. The fraction of sp³-hybridized carbons (Fsp3) is 0. The minimum Gasteiger partial charge on any atom is -0.456 e. The molecule has 0 bridgehead atoms. The minimum absolute atomic E-state index is 0.554. The predicted octanol–water partition coefficient (Wildman–Crippen LogP) is 12.2. The van der Waals surface area contributed by atoms with Crippen molar-refractivity contribution in [3.8, 4) is 45.3 Å². The van der Waals surface area contributed by atoms with E-state index >= 15 is 0 Å². The van der Waals surface area contributed by atoms with E-state index < -0.39 is 0 Å². The standard InChI is InChI=1S/C45H25N3O3/c1-2-10-26(11-3-1)43-46-44(27-20-22-31-29-12-4-6-17-36(29)49-39(31)24-27)48-45(47-43)28-21-23-35-40(25-28)50-38-19-9-14-32(41(35)38)34-16-8-15-33-30-13-5-7-18-37(30)51-42(33)34/h1-25H. The summed E-state index contributed by atoms with van der Waals surface area (Å²) in [6.07, 6.45) is 0. The van der Waals surface area contributed by atoms with Crippen LogP contribution in [0.1, 0.15) is 0 Å². The van der Waals surface area contributed by atoms with Gasteiger partial charge in [-0.05, 0) is 48.0 Å². The number of rotatable bonds is 4. The molecule has 51 heavy (non-hydrogen) atoms. The molecule has 11 rings (SSSR count). The zero-order valence-electron chi connectivity index (χ0n) is 27.0. The number of furan rings is 3. The van der Waals surface area contributed by atoms with E-state index in [9.17, 15) is 0 Å². The highest BCUT2D eigenvalue weighted by Gasteiger charge is 2.19.